The van der Waals surface area contributed by atoms with Crippen molar-refractivity contribution in [1.82, 2.24) is 9.21 Å². The van der Waals surface area contributed by atoms with Crippen molar-refractivity contribution in [2.75, 3.05) is 26.2 Å². The Balaban J connectivity index is 2.15. The Morgan fingerprint density at radius 2 is 1.90 bits per heavy atom. The minimum Gasteiger partial charge on any atom is -0.298 e. The van der Waals surface area contributed by atoms with E-state index in [1.807, 2.05) is 0 Å². The molecule has 1 atom stereocenters. The van der Waals surface area contributed by atoms with Crippen molar-refractivity contribution < 1.29 is 12.8 Å². The van der Waals surface area contributed by atoms with Crippen molar-refractivity contribution in [1.29, 1.82) is 0 Å². The molecule has 0 saturated carbocycles. The van der Waals surface area contributed by atoms with E-state index in [1.54, 1.807) is 6.07 Å². The number of halogens is 2. The average Bonchev–Trinajstić information content (AvgIpc) is 2.46. The standard InChI is InChI=1S/C14H20BrFN2O2S/c1-3-11(2)17-6-8-18(9-7-17)21(19,20)14-5-4-12(15)10-13(14)16/h4-5,10-11H,3,6-9H2,1-2H3. The smallest absolute Gasteiger partial charge is 0.246 e. The van der Waals surface area contributed by atoms with Gasteiger partial charge in [-0.25, -0.2) is 12.8 Å². The Hall–Kier alpha value is -0.500. The molecule has 0 aromatic heterocycles. The third kappa shape index (κ3) is 3.64. The van der Waals surface area contributed by atoms with Crippen LogP contribution in [-0.4, -0.2) is 49.8 Å². The topological polar surface area (TPSA) is 40.6 Å². The first kappa shape index (κ1) is 16.9. The van der Waals surface area contributed by atoms with Crippen molar-refractivity contribution in [3.8, 4) is 0 Å². The maximum absolute atomic E-state index is 13.9. The van der Waals surface area contributed by atoms with Gasteiger partial charge in [0, 0.05) is 36.7 Å². The van der Waals surface area contributed by atoms with Gasteiger partial charge in [-0.05, 0) is 31.5 Å². The van der Waals surface area contributed by atoms with Crippen LogP contribution < -0.4 is 0 Å². The molecule has 118 valence electrons. The van der Waals surface area contributed by atoms with Gasteiger partial charge >= 0.3 is 0 Å². The van der Waals surface area contributed by atoms with Gasteiger partial charge in [0.05, 0.1) is 0 Å². The molecule has 1 aromatic rings. The van der Waals surface area contributed by atoms with Crippen LogP contribution in [0, 0.1) is 5.82 Å². The zero-order valence-electron chi connectivity index (χ0n) is 12.2. The Labute approximate surface area is 134 Å². The van der Waals surface area contributed by atoms with E-state index in [-0.39, 0.29) is 4.90 Å². The largest absolute Gasteiger partial charge is 0.298 e. The van der Waals surface area contributed by atoms with E-state index in [4.69, 9.17) is 0 Å². The molecular formula is C14H20BrFN2O2S. The molecule has 2 rings (SSSR count). The molecule has 0 bridgehead atoms. The van der Waals surface area contributed by atoms with Crippen molar-refractivity contribution in [3.63, 3.8) is 0 Å². The summed E-state index contributed by atoms with van der Waals surface area (Å²) in [7, 11) is -3.75. The summed E-state index contributed by atoms with van der Waals surface area (Å²) in [6.07, 6.45) is 1.04. The Bertz CT molecular complexity index is 601. The number of piperazine rings is 1. The van der Waals surface area contributed by atoms with Crippen LogP contribution in [0.25, 0.3) is 0 Å². The molecule has 4 nitrogen and oxygen atoms in total. The van der Waals surface area contributed by atoms with Gasteiger partial charge in [-0.15, -0.1) is 0 Å². The molecule has 0 radical (unpaired) electrons. The number of rotatable bonds is 4. The summed E-state index contributed by atoms with van der Waals surface area (Å²) < 4.78 is 40.9. The zero-order chi connectivity index (χ0) is 15.6. The number of hydrogen-bond donors (Lipinski definition) is 0. The molecule has 0 amide bonds. The maximum Gasteiger partial charge on any atom is 0.246 e. The lowest BCUT2D eigenvalue weighted by molar-refractivity contribution is 0.142. The third-order valence-electron chi connectivity index (χ3n) is 4.00. The fourth-order valence-electron chi connectivity index (χ4n) is 2.47. The van der Waals surface area contributed by atoms with Gasteiger partial charge in [-0.3, -0.25) is 4.90 Å². The molecule has 1 aromatic carbocycles. The third-order valence-corrected chi connectivity index (χ3v) is 6.42. The Morgan fingerprint density at radius 3 is 2.43 bits per heavy atom. The first-order valence-corrected chi connectivity index (χ1v) is 9.28. The average molecular weight is 379 g/mol. The molecule has 7 heteroatoms. The van der Waals surface area contributed by atoms with Gasteiger partial charge < -0.3 is 0 Å². The molecular weight excluding hydrogens is 359 g/mol. The minimum atomic E-state index is -3.75. The van der Waals surface area contributed by atoms with E-state index in [1.165, 1.54) is 16.4 Å². The number of nitrogens with zero attached hydrogens (tertiary/aromatic N) is 2. The molecule has 1 aliphatic heterocycles. The van der Waals surface area contributed by atoms with Crippen LogP contribution in [0.2, 0.25) is 0 Å². The SMILES string of the molecule is CCC(C)N1CCN(S(=O)(=O)c2ccc(Br)cc2F)CC1. The van der Waals surface area contributed by atoms with Crippen LogP contribution in [0.15, 0.2) is 27.6 Å². The van der Waals surface area contributed by atoms with Gasteiger partial charge in [0.1, 0.15) is 10.7 Å². The summed E-state index contributed by atoms with van der Waals surface area (Å²) in [6, 6.07) is 4.49. The molecule has 1 aliphatic rings. The summed E-state index contributed by atoms with van der Waals surface area (Å²) >= 11 is 3.14. The van der Waals surface area contributed by atoms with Gasteiger partial charge in [0.2, 0.25) is 10.0 Å². The highest BCUT2D eigenvalue weighted by Gasteiger charge is 2.31. The number of sulfonamides is 1. The normalized spacial score (nSPS) is 19.6. The van der Waals surface area contributed by atoms with E-state index < -0.39 is 15.8 Å². The lowest BCUT2D eigenvalue weighted by Gasteiger charge is -2.37. The monoisotopic (exact) mass is 378 g/mol. The van der Waals surface area contributed by atoms with Crippen molar-refractivity contribution in [3.05, 3.63) is 28.5 Å². The molecule has 0 aliphatic carbocycles. The van der Waals surface area contributed by atoms with Crippen LogP contribution in [0.1, 0.15) is 20.3 Å². The van der Waals surface area contributed by atoms with E-state index >= 15 is 0 Å². The highest BCUT2D eigenvalue weighted by molar-refractivity contribution is 9.10. The van der Waals surface area contributed by atoms with Gasteiger partial charge in [-0.2, -0.15) is 4.31 Å². The van der Waals surface area contributed by atoms with Crippen LogP contribution in [0.5, 0.6) is 0 Å². The lowest BCUT2D eigenvalue weighted by atomic mass is 10.2. The van der Waals surface area contributed by atoms with Gasteiger partial charge in [-0.1, -0.05) is 22.9 Å². The van der Waals surface area contributed by atoms with Gasteiger partial charge in [0.25, 0.3) is 0 Å². The summed E-state index contributed by atoms with van der Waals surface area (Å²) in [6.45, 7) is 6.44. The molecule has 1 heterocycles. The van der Waals surface area contributed by atoms with Crippen molar-refractivity contribution >= 4 is 26.0 Å². The first-order chi connectivity index (χ1) is 9.86. The van der Waals surface area contributed by atoms with Crippen LogP contribution >= 0.6 is 15.9 Å². The molecule has 21 heavy (non-hydrogen) atoms. The molecule has 0 N–H and O–H groups in total. The number of hydrogen-bond acceptors (Lipinski definition) is 3. The van der Waals surface area contributed by atoms with E-state index in [2.05, 4.69) is 34.7 Å². The molecule has 1 saturated heterocycles. The Morgan fingerprint density at radius 1 is 1.29 bits per heavy atom. The highest BCUT2D eigenvalue weighted by atomic mass is 79.9. The van der Waals surface area contributed by atoms with E-state index in [0.29, 0.717) is 36.7 Å². The fraction of sp³-hybridized carbons (Fsp3) is 0.571. The van der Waals surface area contributed by atoms with Crippen molar-refractivity contribution in [2.24, 2.45) is 0 Å². The highest BCUT2D eigenvalue weighted by Crippen LogP contribution is 2.24. The predicted octanol–water partition coefficient (Wildman–Crippen LogP) is 2.69. The quantitative estimate of drug-likeness (QED) is 0.808. The maximum atomic E-state index is 13.9. The minimum absolute atomic E-state index is 0.248. The lowest BCUT2D eigenvalue weighted by Crippen LogP contribution is -2.51. The number of benzene rings is 1. The summed E-state index contributed by atoms with van der Waals surface area (Å²) in [4.78, 5) is 2.02. The van der Waals surface area contributed by atoms with E-state index in [0.717, 1.165) is 6.42 Å². The van der Waals surface area contributed by atoms with Crippen molar-refractivity contribution in [2.45, 2.75) is 31.2 Å². The molecule has 1 fully saturated rings. The molecule has 0 spiro atoms. The first-order valence-electron chi connectivity index (χ1n) is 7.05. The fourth-order valence-corrected chi connectivity index (χ4v) is 4.27. The zero-order valence-corrected chi connectivity index (χ0v) is 14.6. The second kappa shape index (κ2) is 6.73. The molecule has 1 unspecified atom stereocenters. The Kier molecular flexibility index (Phi) is 5.40. The second-order valence-electron chi connectivity index (χ2n) is 5.27. The van der Waals surface area contributed by atoms with Crippen LogP contribution in [-0.2, 0) is 10.0 Å². The van der Waals surface area contributed by atoms with Gasteiger partial charge in [0.15, 0.2) is 0 Å². The van der Waals surface area contributed by atoms with Crippen LogP contribution in [0.4, 0.5) is 4.39 Å². The van der Waals surface area contributed by atoms with E-state index in [9.17, 15) is 12.8 Å². The second-order valence-corrected chi connectivity index (χ2v) is 8.09. The predicted molar refractivity (Wildman–Crippen MR) is 84.2 cm³/mol. The van der Waals surface area contributed by atoms with Crippen LogP contribution in [0.3, 0.4) is 0 Å². The summed E-state index contributed by atoms with van der Waals surface area (Å²) in [5.74, 6) is -0.714. The summed E-state index contributed by atoms with van der Waals surface area (Å²) in [5, 5.41) is 0. The summed E-state index contributed by atoms with van der Waals surface area (Å²) in [5.41, 5.74) is 0.